The predicted molar refractivity (Wildman–Crippen MR) is 76.0 cm³/mol. The summed E-state index contributed by atoms with van der Waals surface area (Å²) < 4.78 is 0. The fraction of sp³-hybridized carbons (Fsp3) is 0.267. The molecule has 0 fully saturated rings. The largest absolute Gasteiger partial charge is 0.508 e. The number of aromatic hydroxyl groups is 1. The smallest absolute Gasteiger partial charge is 0.216 e. The van der Waals surface area contributed by atoms with Gasteiger partial charge in [0.1, 0.15) is 5.75 Å². The van der Waals surface area contributed by atoms with Crippen LogP contribution in [0, 0.1) is 0 Å². The van der Waals surface area contributed by atoms with Gasteiger partial charge < -0.3 is 15.7 Å². The Hall–Kier alpha value is -2.07. The zero-order chi connectivity index (χ0) is 13.7. The highest BCUT2D eigenvalue weighted by Crippen LogP contribution is 2.26. The number of phenols is 1. The molecule has 0 radical (unpaired) electrons. The molecule has 0 unspecified atom stereocenters. The molecular formula is C15H18N2O2. The molecule has 0 saturated carbocycles. The van der Waals surface area contributed by atoms with E-state index in [4.69, 9.17) is 0 Å². The second-order valence-corrected chi connectivity index (χ2v) is 4.44. The zero-order valence-electron chi connectivity index (χ0n) is 10.9. The molecule has 0 bridgehead atoms. The first-order valence-electron chi connectivity index (χ1n) is 6.33. The summed E-state index contributed by atoms with van der Waals surface area (Å²) in [5.41, 5.74) is 0.890. The lowest BCUT2D eigenvalue weighted by molar-refractivity contribution is -0.118. The van der Waals surface area contributed by atoms with E-state index in [0.717, 1.165) is 16.3 Å². The van der Waals surface area contributed by atoms with Crippen LogP contribution in [0.3, 0.4) is 0 Å². The standard InChI is InChI=1S/C15H18N2O2/c1-11(18)17-9-8-16-10-14-13-5-3-2-4-12(13)6-7-15(14)19/h2-7,16,19H,8-10H2,1H3,(H,17,18). The van der Waals surface area contributed by atoms with Gasteiger partial charge in [0.15, 0.2) is 0 Å². The van der Waals surface area contributed by atoms with Crippen molar-refractivity contribution in [1.29, 1.82) is 0 Å². The molecule has 2 aromatic rings. The maximum Gasteiger partial charge on any atom is 0.216 e. The van der Waals surface area contributed by atoms with E-state index < -0.39 is 0 Å². The van der Waals surface area contributed by atoms with Crippen LogP contribution in [0.15, 0.2) is 36.4 Å². The first kappa shape index (κ1) is 13.4. The average molecular weight is 258 g/mol. The van der Waals surface area contributed by atoms with E-state index in [1.54, 1.807) is 6.07 Å². The first-order valence-corrected chi connectivity index (χ1v) is 6.33. The number of amides is 1. The van der Waals surface area contributed by atoms with E-state index in [-0.39, 0.29) is 5.91 Å². The van der Waals surface area contributed by atoms with Gasteiger partial charge in [-0.1, -0.05) is 30.3 Å². The number of hydrogen-bond donors (Lipinski definition) is 3. The highest BCUT2D eigenvalue weighted by Gasteiger charge is 2.05. The minimum Gasteiger partial charge on any atom is -0.508 e. The third-order valence-corrected chi connectivity index (χ3v) is 2.99. The van der Waals surface area contributed by atoms with Gasteiger partial charge in [0, 0.05) is 32.1 Å². The van der Waals surface area contributed by atoms with Crippen LogP contribution in [0.4, 0.5) is 0 Å². The van der Waals surface area contributed by atoms with Crippen molar-refractivity contribution in [1.82, 2.24) is 10.6 Å². The molecule has 0 aromatic heterocycles. The third kappa shape index (κ3) is 3.45. The molecule has 0 aliphatic rings. The average Bonchev–Trinajstić information content (AvgIpc) is 2.40. The normalized spacial score (nSPS) is 10.6. The van der Waals surface area contributed by atoms with Gasteiger partial charge in [0.05, 0.1) is 0 Å². The Morgan fingerprint density at radius 1 is 1.16 bits per heavy atom. The van der Waals surface area contributed by atoms with Crippen molar-refractivity contribution in [3.63, 3.8) is 0 Å². The van der Waals surface area contributed by atoms with Gasteiger partial charge in [0.25, 0.3) is 0 Å². The van der Waals surface area contributed by atoms with E-state index in [9.17, 15) is 9.90 Å². The number of carbonyl (C=O) groups excluding carboxylic acids is 1. The minimum absolute atomic E-state index is 0.0326. The summed E-state index contributed by atoms with van der Waals surface area (Å²) in [6.07, 6.45) is 0. The van der Waals surface area contributed by atoms with Gasteiger partial charge >= 0.3 is 0 Å². The number of rotatable bonds is 5. The van der Waals surface area contributed by atoms with Crippen LogP contribution in [0.25, 0.3) is 10.8 Å². The number of hydrogen-bond acceptors (Lipinski definition) is 3. The maximum absolute atomic E-state index is 10.7. The van der Waals surface area contributed by atoms with Crippen molar-refractivity contribution in [3.05, 3.63) is 42.0 Å². The Balaban J connectivity index is 2.03. The zero-order valence-corrected chi connectivity index (χ0v) is 10.9. The molecule has 19 heavy (non-hydrogen) atoms. The monoisotopic (exact) mass is 258 g/mol. The number of nitrogens with one attached hydrogen (secondary N) is 2. The van der Waals surface area contributed by atoms with Gasteiger partial charge in [0.2, 0.25) is 5.91 Å². The molecule has 1 amide bonds. The molecule has 0 aliphatic heterocycles. The van der Waals surface area contributed by atoms with Gasteiger partial charge in [-0.05, 0) is 16.8 Å². The Morgan fingerprint density at radius 3 is 2.74 bits per heavy atom. The molecule has 2 rings (SSSR count). The van der Waals surface area contributed by atoms with E-state index >= 15 is 0 Å². The molecule has 0 atom stereocenters. The molecular weight excluding hydrogens is 240 g/mol. The Bertz CT molecular complexity index is 581. The summed E-state index contributed by atoms with van der Waals surface area (Å²) in [4.78, 5) is 10.7. The Morgan fingerprint density at radius 2 is 1.95 bits per heavy atom. The van der Waals surface area contributed by atoms with Crippen LogP contribution in [-0.4, -0.2) is 24.1 Å². The number of carbonyl (C=O) groups is 1. The first-order chi connectivity index (χ1) is 9.18. The lowest BCUT2D eigenvalue weighted by atomic mass is 10.0. The summed E-state index contributed by atoms with van der Waals surface area (Å²) in [6.45, 7) is 3.33. The summed E-state index contributed by atoms with van der Waals surface area (Å²) >= 11 is 0. The number of phenolic OH excluding ortho intramolecular Hbond substituents is 1. The molecule has 0 spiro atoms. The van der Waals surface area contributed by atoms with E-state index in [1.807, 2.05) is 30.3 Å². The minimum atomic E-state index is -0.0326. The topological polar surface area (TPSA) is 61.4 Å². The fourth-order valence-electron chi connectivity index (χ4n) is 2.05. The molecule has 3 N–H and O–H groups in total. The van der Waals surface area contributed by atoms with Crippen LogP contribution in [0.1, 0.15) is 12.5 Å². The van der Waals surface area contributed by atoms with Crippen molar-refractivity contribution in [2.75, 3.05) is 13.1 Å². The maximum atomic E-state index is 10.7. The van der Waals surface area contributed by atoms with Crippen molar-refractivity contribution in [3.8, 4) is 5.75 Å². The fourth-order valence-corrected chi connectivity index (χ4v) is 2.05. The van der Waals surface area contributed by atoms with Crippen LogP contribution < -0.4 is 10.6 Å². The van der Waals surface area contributed by atoms with Gasteiger partial charge in [-0.25, -0.2) is 0 Å². The van der Waals surface area contributed by atoms with Crippen molar-refractivity contribution in [2.24, 2.45) is 0 Å². The lowest BCUT2D eigenvalue weighted by Gasteiger charge is -2.10. The quantitative estimate of drug-likeness (QED) is 0.716. The van der Waals surface area contributed by atoms with Crippen LogP contribution >= 0.6 is 0 Å². The lowest BCUT2D eigenvalue weighted by Crippen LogP contribution is -2.29. The predicted octanol–water partition coefficient (Wildman–Crippen LogP) is 1.77. The van der Waals surface area contributed by atoms with Gasteiger partial charge in [-0.2, -0.15) is 0 Å². The molecule has 0 saturated heterocycles. The Kier molecular flexibility index (Phi) is 4.36. The molecule has 2 aromatic carbocycles. The molecule has 100 valence electrons. The Labute approximate surface area is 112 Å². The van der Waals surface area contributed by atoms with E-state index in [2.05, 4.69) is 10.6 Å². The highest BCUT2D eigenvalue weighted by molar-refractivity contribution is 5.87. The van der Waals surface area contributed by atoms with E-state index in [1.165, 1.54) is 6.92 Å². The summed E-state index contributed by atoms with van der Waals surface area (Å²) in [5, 5.41) is 18.0. The van der Waals surface area contributed by atoms with Crippen LogP contribution in [-0.2, 0) is 11.3 Å². The summed E-state index contributed by atoms with van der Waals surface area (Å²) in [5.74, 6) is 0.264. The van der Waals surface area contributed by atoms with Gasteiger partial charge in [-0.15, -0.1) is 0 Å². The third-order valence-electron chi connectivity index (χ3n) is 2.99. The van der Waals surface area contributed by atoms with Crippen LogP contribution in [0.2, 0.25) is 0 Å². The molecule has 0 heterocycles. The summed E-state index contributed by atoms with van der Waals surface area (Å²) in [7, 11) is 0. The second kappa shape index (κ2) is 6.20. The highest BCUT2D eigenvalue weighted by atomic mass is 16.3. The van der Waals surface area contributed by atoms with Crippen LogP contribution in [0.5, 0.6) is 5.75 Å². The van der Waals surface area contributed by atoms with Gasteiger partial charge in [-0.3, -0.25) is 4.79 Å². The molecule has 4 heteroatoms. The number of benzene rings is 2. The summed E-state index contributed by atoms with van der Waals surface area (Å²) in [6, 6.07) is 11.6. The second-order valence-electron chi connectivity index (χ2n) is 4.44. The molecule has 0 aliphatic carbocycles. The molecule has 4 nitrogen and oxygen atoms in total. The van der Waals surface area contributed by atoms with Crippen molar-refractivity contribution >= 4 is 16.7 Å². The van der Waals surface area contributed by atoms with Crippen molar-refractivity contribution < 1.29 is 9.90 Å². The SMILES string of the molecule is CC(=O)NCCNCc1c(O)ccc2ccccc12. The number of fused-ring (bicyclic) bond motifs is 1. The van der Waals surface area contributed by atoms with E-state index in [0.29, 0.717) is 25.4 Å². The van der Waals surface area contributed by atoms with Crippen molar-refractivity contribution in [2.45, 2.75) is 13.5 Å².